The van der Waals surface area contributed by atoms with Crippen LogP contribution < -0.4 is 21.1 Å². The standard InChI is InChI=1S/3C6H15NO2.CH2O3.H2O4S/c3*1-8-5-3-7-4-6-9-2;2-1(3)4;1-5(2,3)4/h3*7H,3-6H2,1-2H3;(H2,2,3,4);(H2,1,2,3,4). The van der Waals surface area contributed by atoms with Crippen molar-refractivity contribution >= 4 is 16.6 Å². The molecule has 0 aliphatic carbocycles. The molecule has 0 aromatic rings. The van der Waals surface area contributed by atoms with Gasteiger partial charge < -0.3 is 68.5 Å². The monoisotopic (exact) mass is 559 g/mol. The molecule has 224 valence electrons. The fourth-order valence-electron chi connectivity index (χ4n) is 1.64. The number of ether oxygens (including phenoxy) is 6. The van der Waals surface area contributed by atoms with Gasteiger partial charge in [0, 0.05) is 53.1 Å². The first-order valence-corrected chi connectivity index (χ1v) is 12.3. The molecule has 0 unspecified atom stereocenters. The van der Waals surface area contributed by atoms with Crippen LogP contribution in [0.3, 0.4) is 0 Å². The van der Waals surface area contributed by atoms with Crippen LogP contribution in [0.4, 0.5) is 4.79 Å². The Labute approximate surface area is 215 Å². The van der Waals surface area contributed by atoms with E-state index in [-0.39, 0.29) is 0 Å². The molecule has 7 N–H and O–H groups in total. The van der Waals surface area contributed by atoms with Crippen molar-refractivity contribution in [1.82, 2.24) is 0 Å². The lowest BCUT2D eigenvalue weighted by Gasteiger charge is -2.06. The quantitative estimate of drug-likeness (QED) is 0.0695. The fraction of sp³-hybridized carbons (Fsp3) is 0.947. The number of hydrogen-bond donors (Lipinski definition) is 4. The molecule has 0 amide bonds. The number of carbonyl (C=O) groups is 1. The number of methoxy groups -OCH3 is 6. The van der Waals surface area contributed by atoms with E-state index >= 15 is 0 Å². The second-order valence-electron chi connectivity index (χ2n) is 6.23. The summed E-state index contributed by atoms with van der Waals surface area (Å²) in [4.78, 5) is 8.44. The third-order valence-electron chi connectivity index (χ3n) is 3.16. The minimum atomic E-state index is -5.17. The Kier molecular flexibility index (Phi) is 54.5. The summed E-state index contributed by atoms with van der Waals surface area (Å²) in [7, 11) is 5.11. The van der Waals surface area contributed by atoms with Crippen LogP contribution in [0.5, 0.6) is 0 Å². The van der Waals surface area contributed by atoms with E-state index in [1.165, 1.54) is 0 Å². The molecule has 0 aliphatic heterocycles. The van der Waals surface area contributed by atoms with Crippen molar-refractivity contribution in [2.75, 3.05) is 122 Å². The lowest BCUT2D eigenvalue weighted by atomic mass is 10.6. The van der Waals surface area contributed by atoms with Gasteiger partial charge in [0.2, 0.25) is 6.16 Å². The topological polar surface area (TPSA) is 246 Å². The smallest absolute Gasteiger partial charge is 0.249 e. The van der Waals surface area contributed by atoms with Crippen LogP contribution in [0, 0.1) is 0 Å². The molecule has 0 radical (unpaired) electrons. The van der Waals surface area contributed by atoms with Crippen molar-refractivity contribution < 1.29 is 76.9 Å². The minimum absolute atomic E-state index is 0.823. The lowest BCUT2D eigenvalue weighted by Crippen LogP contribution is -2.86. The average molecular weight is 560 g/mol. The Morgan fingerprint density at radius 3 is 0.778 bits per heavy atom. The molecule has 0 aliphatic rings. The maximum Gasteiger partial charge on any atom is 0.249 e. The van der Waals surface area contributed by atoms with Gasteiger partial charge in [-0.25, -0.2) is 0 Å². The van der Waals surface area contributed by atoms with Gasteiger partial charge in [0.25, 0.3) is 0 Å². The van der Waals surface area contributed by atoms with Gasteiger partial charge in [-0.1, -0.05) is 0 Å². The predicted molar refractivity (Wildman–Crippen MR) is 125 cm³/mol. The highest BCUT2D eigenvalue weighted by molar-refractivity contribution is 7.79. The number of nitrogens with two attached hydrogens (primary N) is 3. The van der Waals surface area contributed by atoms with E-state index in [0.717, 1.165) is 78.9 Å². The third-order valence-corrected chi connectivity index (χ3v) is 3.16. The summed E-state index contributed by atoms with van der Waals surface area (Å²) >= 11 is 0. The maximum absolute atomic E-state index is 8.52. The second-order valence-corrected chi connectivity index (χ2v) is 7.05. The average Bonchev–Trinajstić information content (AvgIpc) is 2.78. The van der Waals surface area contributed by atoms with Crippen molar-refractivity contribution in [3.05, 3.63) is 0 Å². The summed E-state index contributed by atoms with van der Waals surface area (Å²) in [5, 5.41) is 21.8. The molecule has 0 saturated heterocycles. The van der Waals surface area contributed by atoms with E-state index in [2.05, 4.69) is 16.0 Å². The summed E-state index contributed by atoms with van der Waals surface area (Å²) in [6, 6.07) is 0. The van der Waals surface area contributed by atoms with Gasteiger partial charge in [0.15, 0.2) is 0 Å². The fourth-order valence-corrected chi connectivity index (χ4v) is 1.64. The molecule has 0 fully saturated rings. The first kappa shape index (κ1) is 44.8. The minimum Gasteiger partial charge on any atom is -0.759 e. The summed E-state index contributed by atoms with van der Waals surface area (Å²) in [6.07, 6.45) is -2.08. The van der Waals surface area contributed by atoms with Crippen LogP contribution in [-0.4, -0.2) is 150 Å². The molecule has 0 aromatic heterocycles. The lowest BCUT2D eigenvalue weighted by molar-refractivity contribution is -0.657. The van der Waals surface area contributed by atoms with Crippen LogP contribution >= 0.6 is 0 Å². The predicted octanol–water partition coefficient (Wildman–Crippen LogP) is -5.92. The number of carboxylic acid groups (broad SMARTS) is 2. The summed E-state index contributed by atoms with van der Waals surface area (Å²) in [6.45, 7) is 11.1. The van der Waals surface area contributed by atoms with Gasteiger partial charge in [-0.3, -0.25) is 8.42 Å². The Hall–Kier alpha value is -1.22. The van der Waals surface area contributed by atoms with E-state index < -0.39 is 16.6 Å². The van der Waals surface area contributed by atoms with Gasteiger partial charge in [0.05, 0.1) is 78.9 Å². The van der Waals surface area contributed by atoms with Gasteiger partial charge in [0.1, 0.15) is 0 Å². The Bertz CT molecular complexity index is 412. The van der Waals surface area contributed by atoms with Crippen molar-refractivity contribution in [3.8, 4) is 0 Å². The second kappa shape index (κ2) is 43.8. The molecule has 0 rings (SSSR count). The maximum atomic E-state index is 8.52. The van der Waals surface area contributed by atoms with Crippen molar-refractivity contribution in [1.29, 1.82) is 0 Å². The molecule has 0 bridgehead atoms. The molecule has 0 saturated carbocycles. The molecule has 36 heavy (non-hydrogen) atoms. The molecule has 0 atom stereocenters. The van der Waals surface area contributed by atoms with E-state index in [1.807, 2.05) is 0 Å². The number of quaternary nitrogens is 3. The molecule has 0 spiro atoms. The SMILES string of the molecule is COCC[NH2+]CCOC.COCC[NH2+]CCOC.COCC[NH2+]CCOC.O=C([O-])O.O=S(=O)([O-])[O-]. The Morgan fingerprint density at radius 1 is 0.583 bits per heavy atom. The van der Waals surface area contributed by atoms with Gasteiger partial charge in [-0.15, -0.1) is 0 Å². The van der Waals surface area contributed by atoms with Gasteiger partial charge in [-0.05, 0) is 0 Å². The third kappa shape index (κ3) is 118. The van der Waals surface area contributed by atoms with Crippen LogP contribution in [0.15, 0.2) is 0 Å². The first-order chi connectivity index (χ1) is 17.0. The highest BCUT2D eigenvalue weighted by atomic mass is 32.3. The highest BCUT2D eigenvalue weighted by Gasteiger charge is 1.88. The van der Waals surface area contributed by atoms with Crippen LogP contribution in [0.25, 0.3) is 0 Å². The highest BCUT2D eigenvalue weighted by Crippen LogP contribution is 1.59. The normalized spacial score (nSPS) is 9.78. The van der Waals surface area contributed by atoms with Crippen LogP contribution in [-0.2, 0) is 38.8 Å². The van der Waals surface area contributed by atoms with Crippen molar-refractivity contribution in [2.24, 2.45) is 0 Å². The van der Waals surface area contributed by atoms with Crippen LogP contribution in [0.1, 0.15) is 0 Å². The molecular weight excluding hydrogens is 510 g/mol. The molecule has 0 heterocycles. The largest absolute Gasteiger partial charge is 0.759 e. The Morgan fingerprint density at radius 2 is 0.694 bits per heavy atom. The van der Waals surface area contributed by atoms with E-state index in [0.29, 0.717) is 0 Å². The zero-order valence-electron chi connectivity index (χ0n) is 22.5. The molecule has 0 aromatic carbocycles. The van der Waals surface area contributed by atoms with E-state index in [1.54, 1.807) is 42.7 Å². The first-order valence-electron chi connectivity index (χ1n) is 10.9. The zero-order chi connectivity index (χ0) is 28.9. The number of hydrogen-bond acceptors (Lipinski definition) is 12. The summed E-state index contributed by atoms with van der Waals surface area (Å²) in [5.74, 6) is 0. The van der Waals surface area contributed by atoms with E-state index in [9.17, 15) is 0 Å². The molecular formula is C19H49N3O13S. The van der Waals surface area contributed by atoms with Gasteiger partial charge >= 0.3 is 0 Å². The van der Waals surface area contributed by atoms with Crippen LogP contribution in [0.2, 0.25) is 0 Å². The number of rotatable bonds is 18. The summed E-state index contributed by atoms with van der Waals surface area (Å²) in [5.41, 5.74) is 0. The molecule has 17 heteroatoms. The molecule has 16 nitrogen and oxygen atoms in total. The van der Waals surface area contributed by atoms with Crippen molar-refractivity contribution in [2.45, 2.75) is 0 Å². The van der Waals surface area contributed by atoms with Gasteiger partial charge in [-0.2, -0.15) is 0 Å². The summed E-state index contributed by atoms with van der Waals surface area (Å²) < 4.78 is 63.2. The zero-order valence-corrected chi connectivity index (χ0v) is 23.3. The van der Waals surface area contributed by atoms with Crippen molar-refractivity contribution in [3.63, 3.8) is 0 Å². The van der Waals surface area contributed by atoms with E-state index in [4.69, 9.17) is 61.0 Å². The Balaban J connectivity index is -0.000000115.